The molecular formula is C28H53N5O4S. The van der Waals surface area contributed by atoms with Gasteiger partial charge in [0.2, 0.25) is 5.91 Å². The van der Waals surface area contributed by atoms with Crippen LogP contribution in [0, 0.1) is 23.7 Å². The van der Waals surface area contributed by atoms with E-state index in [2.05, 4.69) is 47.4 Å². The number of nitrogens with one attached hydrogen (secondary N) is 5. The molecule has 9 atom stereocenters. The molecule has 2 aliphatic carbocycles. The summed E-state index contributed by atoms with van der Waals surface area (Å²) in [6.07, 6.45) is 9.24. The standard InChI is InChI=1S/C28H53N5O4S/c1-18(2)17-37-25-14-20(8-10-26(25)38(4,35)36)27(34)31-22-9-7-19(3)24(15-22)33-28-30-13-11-23(32-28)21-6-5-12-29-16-21/h18-26,28-30,32-33H,5-17H2,1-4H3,(H,31,34). The quantitative estimate of drug-likeness (QED) is 0.292. The molecule has 0 aromatic heterocycles. The molecule has 0 aromatic rings. The first-order chi connectivity index (χ1) is 18.1. The molecule has 0 spiro atoms. The highest BCUT2D eigenvalue weighted by Gasteiger charge is 2.41. The first kappa shape index (κ1) is 30.2. The monoisotopic (exact) mass is 555 g/mol. The number of hydrogen-bond acceptors (Lipinski definition) is 8. The van der Waals surface area contributed by atoms with Gasteiger partial charge in [-0.1, -0.05) is 20.8 Å². The summed E-state index contributed by atoms with van der Waals surface area (Å²) < 4.78 is 30.8. The highest BCUT2D eigenvalue weighted by Crippen LogP contribution is 2.32. The normalized spacial score (nSPS) is 39.1. The molecule has 9 unspecified atom stereocenters. The maximum Gasteiger partial charge on any atom is 0.223 e. The van der Waals surface area contributed by atoms with Gasteiger partial charge < -0.3 is 15.4 Å². The maximum atomic E-state index is 13.3. The minimum absolute atomic E-state index is 0.0622. The van der Waals surface area contributed by atoms with E-state index >= 15 is 0 Å². The molecule has 4 fully saturated rings. The zero-order valence-corrected chi connectivity index (χ0v) is 24.8. The zero-order valence-electron chi connectivity index (χ0n) is 24.0. The Kier molecular flexibility index (Phi) is 10.9. The van der Waals surface area contributed by atoms with Crippen LogP contribution in [0.1, 0.15) is 78.6 Å². The molecule has 4 aliphatic rings. The third kappa shape index (κ3) is 8.36. The first-order valence-corrected chi connectivity index (χ1v) is 17.1. The summed E-state index contributed by atoms with van der Waals surface area (Å²) in [6, 6.07) is 0.995. The molecule has 9 nitrogen and oxygen atoms in total. The Hall–Kier alpha value is -0.780. The van der Waals surface area contributed by atoms with Crippen LogP contribution in [0.5, 0.6) is 0 Å². The lowest BCUT2D eigenvalue weighted by molar-refractivity contribution is -0.129. The molecule has 4 rings (SSSR count). The smallest absolute Gasteiger partial charge is 0.223 e. The molecule has 38 heavy (non-hydrogen) atoms. The lowest BCUT2D eigenvalue weighted by Gasteiger charge is -2.43. The summed E-state index contributed by atoms with van der Waals surface area (Å²) in [5, 5.41) is 17.7. The van der Waals surface area contributed by atoms with Crippen LogP contribution >= 0.6 is 0 Å². The van der Waals surface area contributed by atoms with E-state index in [4.69, 9.17) is 4.74 Å². The topological polar surface area (TPSA) is 121 Å². The number of carbonyl (C=O) groups is 1. The van der Waals surface area contributed by atoms with E-state index in [1.54, 1.807) is 0 Å². The van der Waals surface area contributed by atoms with E-state index in [9.17, 15) is 13.2 Å². The number of amides is 1. The molecule has 1 amide bonds. The van der Waals surface area contributed by atoms with Gasteiger partial charge in [-0.15, -0.1) is 0 Å². The molecule has 2 heterocycles. The molecule has 0 radical (unpaired) electrons. The minimum atomic E-state index is -3.22. The molecule has 2 saturated heterocycles. The van der Waals surface area contributed by atoms with Crippen molar-refractivity contribution in [2.45, 2.75) is 114 Å². The van der Waals surface area contributed by atoms with Gasteiger partial charge in [0.15, 0.2) is 9.84 Å². The Morgan fingerprint density at radius 1 is 1.05 bits per heavy atom. The van der Waals surface area contributed by atoms with E-state index in [0.29, 0.717) is 55.7 Å². The van der Waals surface area contributed by atoms with Crippen molar-refractivity contribution in [3.63, 3.8) is 0 Å². The van der Waals surface area contributed by atoms with Crippen LogP contribution in [0.25, 0.3) is 0 Å². The number of sulfone groups is 1. The summed E-state index contributed by atoms with van der Waals surface area (Å²) in [7, 11) is -3.22. The summed E-state index contributed by atoms with van der Waals surface area (Å²) in [6.45, 7) is 10.2. The van der Waals surface area contributed by atoms with Crippen molar-refractivity contribution in [3.8, 4) is 0 Å². The second-order valence-electron chi connectivity index (χ2n) is 13.0. The SMILES string of the molecule is CC(C)COC1CC(C(=O)NC2CCC(C)C(NC3NCCC(C4CCCNC4)N3)C2)CCC1S(C)(=O)=O. The van der Waals surface area contributed by atoms with Crippen LogP contribution < -0.4 is 26.6 Å². The highest BCUT2D eigenvalue weighted by atomic mass is 32.2. The Morgan fingerprint density at radius 3 is 2.58 bits per heavy atom. The second kappa shape index (κ2) is 13.7. The Balaban J connectivity index is 1.29. The lowest BCUT2D eigenvalue weighted by Crippen LogP contribution is -2.66. The predicted octanol–water partition coefficient (Wildman–Crippen LogP) is 1.74. The molecule has 0 aromatic carbocycles. The van der Waals surface area contributed by atoms with Gasteiger partial charge in [-0.2, -0.15) is 0 Å². The summed E-state index contributed by atoms with van der Waals surface area (Å²) >= 11 is 0. The van der Waals surface area contributed by atoms with Gasteiger partial charge in [0, 0.05) is 36.9 Å². The maximum absolute atomic E-state index is 13.3. The molecular weight excluding hydrogens is 502 g/mol. The van der Waals surface area contributed by atoms with Crippen molar-refractivity contribution in [1.29, 1.82) is 0 Å². The molecule has 0 bridgehead atoms. The number of rotatable bonds is 9. The average molecular weight is 556 g/mol. The number of hydrogen-bond donors (Lipinski definition) is 5. The van der Waals surface area contributed by atoms with Crippen molar-refractivity contribution >= 4 is 15.7 Å². The third-order valence-corrected chi connectivity index (χ3v) is 10.9. The van der Waals surface area contributed by atoms with Gasteiger partial charge in [0.05, 0.1) is 11.4 Å². The molecule has 10 heteroatoms. The largest absolute Gasteiger partial charge is 0.377 e. The molecule has 5 N–H and O–H groups in total. The van der Waals surface area contributed by atoms with E-state index in [1.165, 1.54) is 19.1 Å². The van der Waals surface area contributed by atoms with Crippen molar-refractivity contribution < 1.29 is 17.9 Å². The summed E-state index contributed by atoms with van der Waals surface area (Å²) in [4.78, 5) is 13.3. The van der Waals surface area contributed by atoms with Crippen LogP contribution in [-0.4, -0.2) is 82.6 Å². The van der Waals surface area contributed by atoms with Crippen LogP contribution in [0.2, 0.25) is 0 Å². The van der Waals surface area contributed by atoms with E-state index in [0.717, 1.165) is 45.3 Å². The Morgan fingerprint density at radius 2 is 1.87 bits per heavy atom. The number of carbonyl (C=O) groups excluding carboxylic acids is 1. The summed E-state index contributed by atoms with van der Waals surface area (Å²) in [5.41, 5.74) is 0. The number of piperidine rings is 1. The fourth-order valence-electron chi connectivity index (χ4n) is 6.98. The van der Waals surface area contributed by atoms with Crippen molar-refractivity contribution in [3.05, 3.63) is 0 Å². The van der Waals surface area contributed by atoms with Crippen molar-refractivity contribution in [2.75, 3.05) is 32.5 Å². The Labute approximate surface area is 230 Å². The van der Waals surface area contributed by atoms with E-state index < -0.39 is 21.2 Å². The van der Waals surface area contributed by atoms with Crippen LogP contribution in [0.15, 0.2) is 0 Å². The fourth-order valence-corrected chi connectivity index (χ4v) is 8.29. The summed E-state index contributed by atoms with van der Waals surface area (Å²) in [5.74, 6) is 1.43. The number of ether oxygens (including phenoxy) is 1. The van der Waals surface area contributed by atoms with Gasteiger partial charge in [0.1, 0.15) is 6.29 Å². The molecule has 2 saturated carbocycles. The lowest BCUT2D eigenvalue weighted by atomic mass is 9.81. The highest BCUT2D eigenvalue weighted by molar-refractivity contribution is 7.91. The predicted molar refractivity (Wildman–Crippen MR) is 151 cm³/mol. The first-order valence-electron chi connectivity index (χ1n) is 15.2. The third-order valence-electron chi connectivity index (χ3n) is 9.31. The van der Waals surface area contributed by atoms with Crippen LogP contribution in [-0.2, 0) is 19.4 Å². The average Bonchev–Trinajstić information content (AvgIpc) is 2.89. The van der Waals surface area contributed by atoms with Crippen LogP contribution in [0.4, 0.5) is 0 Å². The second-order valence-corrected chi connectivity index (χ2v) is 15.2. The van der Waals surface area contributed by atoms with Crippen molar-refractivity contribution in [2.24, 2.45) is 23.7 Å². The minimum Gasteiger partial charge on any atom is -0.377 e. The van der Waals surface area contributed by atoms with Gasteiger partial charge in [-0.05, 0) is 95.2 Å². The van der Waals surface area contributed by atoms with Gasteiger partial charge in [-0.3, -0.25) is 20.7 Å². The van der Waals surface area contributed by atoms with Crippen molar-refractivity contribution in [1.82, 2.24) is 26.6 Å². The van der Waals surface area contributed by atoms with E-state index in [-0.39, 0.29) is 24.2 Å². The molecule has 220 valence electrons. The zero-order chi connectivity index (χ0) is 27.3. The van der Waals surface area contributed by atoms with Gasteiger partial charge in [0.25, 0.3) is 0 Å². The Bertz CT molecular complexity index is 865. The van der Waals surface area contributed by atoms with E-state index in [1.807, 2.05) is 0 Å². The van der Waals surface area contributed by atoms with Crippen LogP contribution in [0.3, 0.4) is 0 Å². The fraction of sp³-hybridized carbons (Fsp3) is 0.964. The van der Waals surface area contributed by atoms with Gasteiger partial charge >= 0.3 is 0 Å². The van der Waals surface area contributed by atoms with Gasteiger partial charge in [-0.25, -0.2) is 8.42 Å². The molecule has 2 aliphatic heterocycles.